The molecule has 1 N–H and O–H groups in total. The summed E-state index contributed by atoms with van der Waals surface area (Å²) >= 11 is 18.2. The Bertz CT molecular complexity index is 808. The lowest BCUT2D eigenvalue weighted by Gasteiger charge is -2.19. The van der Waals surface area contributed by atoms with E-state index < -0.39 is 12.1 Å². The predicted octanol–water partition coefficient (Wildman–Crippen LogP) is 3.55. The van der Waals surface area contributed by atoms with Crippen molar-refractivity contribution >= 4 is 46.6 Å². The first-order valence-corrected chi connectivity index (χ1v) is 7.66. The molecule has 1 heterocycles. The molecule has 7 nitrogen and oxygen atoms in total. The van der Waals surface area contributed by atoms with E-state index in [9.17, 15) is 10.1 Å². The van der Waals surface area contributed by atoms with Crippen molar-refractivity contribution in [3.05, 3.63) is 39.0 Å². The van der Waals surface area contributed by atoms with E-state index in [2.05, 4.69) is 5.10 Å². The number of rotatable bonds is 5. The third-order valence-corrected chi connectivity index (χ3v) is 3.78. The van der Waals surface area contributed by atoms with Gasteiger partial charge in [-0.15, -0.1) is 5.10 Å². The fourth-order valence-electron chi connectivity index (χ4n) is 1.88. The topological polar surface area (TPSA) is 91.4 Å². The molecule has 1 unspecified atom stereocenters. The largest absolute Gasteiger partial charge is 0.479 e. The minimum absolute atomic E-state index is 0.118. The monoisotopic (exact) mass is 388 g/mol. The molecule has 0 aliphatic heterocycles. The van der Waals surface area contributed by atoms with E-state index in [4.69, 9.17) is 44.7 Å². The van der Waals surface area contributed by atoms with E-state index in [1.807, 2.05) is 6.07 Å². The van der Waals surface area contributed by atoms with Crippen LogP contribution in [0.4, 0.5) is 5.82 Å². The summed E-state index contributed by atoms with van der Waals surface area (Å²) in [6, 6.07) is 4.94. The summed E-state index contributed by atoms with van der Waals surface area (Å²) in [5.74, 6) is -1.03. The molecule has 0 radical (unpaired) electrons. The maximum absolute atomic E-state index is 10.9. The van der Waals surface area contributed by atoms with Crippen molar-refractivity contribution in [1.29, 1.82) is 5.26 Å². The first-order chi connectivity index (χ1) is 11.2. The molecular weight excluding hydrogens is 379 g/mol. The third-order valence-electron chi connectivity index (χ3n) is 2.99. The highest BCUT2D eigenvalue weighted by Gasteiger charge is 2.21. The van der Waals surface area contributed by atoms with Gasteiger partial charge in [0, 0.05) is 12.1 Å². The van der Waals surface area contributed by atoms with Crippen molar-refractivity contribution in [2.24, 2.45) is 0 Å². The van der Waals surface area contributed by atoms with E-state index in [1.165, 1.54) is 37.0 Å². The Hall–Kier alpha value is -1.98. The average Bonchev–Trinajstić information content (AvgIpc) is 2.89. The lowest BCUT2D eigenvalue weighted by atomic mass is 10.3. The van der Waals surface area contributed by atoms with Gasteiger partial charge in [0.1, 0.15) is 17.3 Å². The van der Waals surface area contributed by atoms with Crippen LogP contribution < -0.4 is 5.06 Å². The van der Waals surface area contributed by atoms with Crippen LogP contribution in [0.5, 0.6) is 0 Å². The van der Waals surface area contributed by atoms with Gasteiger partial charge in [-0.2, -0.15) is 5.26 Å². The molecule has 0 saturated carbocycles. The molecule has 2 aromatic rings. The van der Waals surface area contributed by atoms with E-state index in [0.717, 1.165) is 5.06 Å². The standard InChI is InChI=1S/C14H11Cl3N4O3/c1-7(14(22)23)24-20(2)13-8(5-18)6-21(19-13)12-10(16)3-9(15)4-11(12)17/h3-4,6-7H,1-2H3,(H,22,23). The molecule has 126 valence electrons. The minimum Gasteiger partial charge on any atom is -0.479 e. The van der Waals surface area contributed by atoms with E-state index in [-0.39, 0.29) is 21.4 Å². The molecule has 0 aliphatic carbocycles. The number of nitriles is 1. The van der Waals surface area contributed by atoms with E-state index >= 15 is 0 Å². The molecule has 24 heavy (non-hydrogen) atoms. The molecule has 0 amide bonds. The summed E-state index contributed by atoms with van der Waals surface area (Å²) < 4.78 is 1.31. The number of hydroxylamine groups is 1. The van der Waals surface area contributed by atoms with Gasteiger partial charge in [-0.3, -0.25) is 4.84 Å². The third kappa shape index (κ3) is 3.74. The Morgan fingerprint density at radius 2 is 2.00 bits per heavy atom. The van der Waals surface area contributed by atoms with Gasteiger partial charge in [0.25, 0.3) is 0 Å². The van der Waals surface area contributed by atoms with Crippen LogP contribution in [0.1, 0.15) is 12.5 Å². The van der Waals surface area contributed by atoms with Crippen molar-refractivity contribution in [3.8, 4) is 11.8 Å². The zero-order valence-corrected chi connectivity index (χ0v) is 14.8. The highest BCUT2D eigenvalue weighted by molar-refractivity contribution is 6.40. The van der Waals surface area contributed by atoms with Gasteiger partial charge in [-0.1, -0.05) is 34.8 Å². The van der Waals surface area contributed by atoms with Crippen molar-refractivity contribution < 1.29 is 14.7 Å². The fraction of sp³-hybridized carbons (Fsp3) is 0.214. The van der Waals surface area contributed by atoms with E-state index in [0.29, 0.717) is 10.7 Å². The molecule has 0 fully saturated rings. The number of carboxylic acids is 1. The van der Waals surface area contributed by atoms with Crippen LogP contribution in [0.3, 0.4) is 0 Å². The SMILES string of the molecule is CC(ON(C)c1nn(-c2c(Cl)cc(Cl)cc2Cl)cc1C#N)C(=O)O. The van der Waals surface area contributed by atoms with Gasteiger partial charge in [0.15, 0.2) is 11.9 Å². The van der Waals surface area contributed by atoms with Crippen LogP contribution in [0, 0.1) is 11.3 Å². The molecule has 0 saturated heterocycles. The molecule has 1 atom stereocenters. The maximum Gasteiger partial charge on any atom is 0.335 e. The number of aromatic nitrogens is 2. The molecule has 0 aliphatic rings. The Morgan fingerprint density at radius 1 is 1.42 bits per heavy atom. The first-order valence-electron chi connectivity index (χ1n) is 6.52. The highest BCUT2D eigenvalue weighted by atomic mass is 35.5. The van der Waals surface area contributed by atoms with Crippen molar-refractivity contribution in [3.63, 3.8) is 0 Å². The fourth-order valence-corrected chi connectivity index (χ4v) is 2.87. The Balaban J connectivity index is 2.45. The van der Waals surface area contributed by atoms with Crippen LogP contribution in [0.2, 0.25) is 15.1 Å². The zero-order valence-electron chi connectivity index (χ0n) is 12.5. The molecule has 1 aromatic heterocycles. The van der Waals surface area contributed by atoms with Crippen LogP contribution in [0.15, 0.2) is 18.3 Å². The predicted molar refractivity (Wildman–Crippen MR) is 89.9 cm³/mol. The van der Waals surface area contributed by atoms with Crippen LogP contribution in [-0.4, -0.2) is 34.0 Å². The van der Waals surface area contributed by atoms with Crippen LogP contribution in [-0.2, 0) is 9.63 Å². The quantitative estimate of drug-likeness (QED) is 0.786. The van der Waals surface area contributed by atoms with Crippen molar-refractivity contribution in [2.75, 3.05) is 12.1 Å². The summed E-state index contributed by atoms with van der Waals surface area (Å²) in [5, 5.41) is 24.3. The molecule has 2 rings (SSSR count). The number of benzene rings is 1. The number of nitrogens with zero attached hydrogens (tertiary/aromatic N) is 4. The Kier molecular flexibility index (Phi) is 5.57. The average molecular weight is 390 g/mol. The number of anilines is 1. The number of carbonyl (C=O) groups is 1. The Labute approximate surface area is 152 Å². The van der Waals surface area contributed by atoms with Gasteiger partial charge in [0.2, 0.25) is 0 Å². The first kappa shape index (κ1) is 18.4. The number of hydrogen-bond acceptors (Lipinski definition) is 5. The van der Waals surface area contributed by atoms with Gasteiger partial charge in [-0.05, 0) is 19.1 Å². The number of aliphatic carboxylic acids is 1. The lowest BCUT2D eigenvalue weighted by Crippen LogP contribution is -2.30. The van der Waals surface area contributed by atoms with E-state index in [1.54, 1.807) is 0 Å². The second-order valence-corrected chi connectivity index (χ2v) is 5.97. The van der Waals surface area contributed by atoms with Crippen molar-refractivity contribution in [2.45, 2.75) is 13.0 Å². The molecular formula is C14H11Cl3N4O3. The van der Waals surface area contributed by atoms with Gasteiger partial charge < -0.3 is 5.11 Å². The second-order valence-electron chi connectivity index (χ2n) is 4.72. The number of halogens is 3. The number of carboxylic acid groups (broad SMARTS) is 1. The highest BCUT2D eigenvalue weighted by Crippen LogP contribution is 2.33. The summed E-state index contributed by atoms with van der Waals surface area (Å²) in [5.41, 5.74) is 0.488. The van der Waals surface area contributed by atoms with Gasteiger partial charge >= 0.3 is 5.97 Å². The maximum atomic E-state index is 10.9. The van der Waals surface area contributed by atoms with Crippen LogP contribution in [0.25, 0.3) is 5.69 Å². The smallest absolute Gasteiger partial charge is 0.335 e. The minimum atomic E-state index is -1.15. The van der Waals surface area contributed by atoms with Crippen LogP contribution >= 0.6 is 34.8 Å². The number of hydrogen-bond donors (Lipinski definition) is 1. The Morgan fingerprint density at radius 3 is 2.50 bits per heavy atom. The zero-order chi connectivity index (χ0) is 18.0. The summed E-state index contributed by atoms with van der Waals surface area (Å²) in [7, 11) is 1.44. The molecule has 10 heteroatoms. The van der Waals surface area contributed by atoms with Crippen molar-refractivity contribution in [1.82, 2.24) is 9.78 Å². The normalized spacial score (nSPS) is 11.8. The van der Waals surface area contributed by atoms with Gasteiger partial charge in [-0.25, -0.2) is 14.5 Å². The lowest BCUT2D eigenvalue weighted by molar-refractivity contribution is -0.149. The second kappa shape index (κ2) is 7.28. The van der Waals surface area contributed by atoms with Gasteiger partial charge in [0.05, 0.1) is 16.2 Å². The summed E-state index contributed by atoms with van der Waals surface area (Å²) in [6.07, 6.45) is 0.288. The molecule has 0 spiro atoms. The summed E-state index contributed by atoms with van der Waals surface area (Å²) in [4.78, 5) is 16.1. The molecule has 1 aromatic carbocycles. The molecule has 0 bridgehead atoms. The summed E-state index contributed by atoms with van der Waals surface area (Å²) in [6.45, 7) is 1.36.